The highest BCUT2D eigenvalue weighted by molar-refractivity contribution is 6.24. The smallest absolute Gasteiger partial charge is 0.335 e. The Bertz CT molecular complexity index is 1820. The highest BCUT2D eigenvalue weighted by Gasteiger charge is 2.64. The summed E-state index contributed by atoms with van der Waals surface area (Å²) in [4.78, 5) is 68.7. The molecule has 10 N–H and O–H groups in total. The summed E-state index contributed by atoms with van der Waals surface area (Å²) in [5.74, 6) is -9.95. The van der Waals surface area contributed by atoms with Crippen LogP contribution in [0.3, 0.4) is 0 Å². The van der Waals surface area contributed by atoms with Crippen molar-refractivity contribution in [2.45, 2.75) is 81.8 Å². The van der Waals surface area contributed by atoms with Crippen LogP contribution in [0, 0.1) is 11.8 Å². The Balaban J connectivity index is 1.74. The molecule has 0 unspecified atom stereocenters. The SMILES string of the molecule is CN(C)c1cc(NC(=O)CNC(C)(C)C)c(O[C@H]2C[C@@H](O)[C@H](O)[C@@H](C(=O)O)O2)c2c1C[C@H]1C[C@H]3[C@H](N(C)C)C(=O)C(C(N)=O)=C(O)[C@@]3(O)C(=O)C1=C2O. The van der Waals surface area contributed by atoms with Gasteiger partial charge in [-0.1, -0.05) is 0 Å². The lowest BCUT2D eigenvalue weighted by Gasteiger charge is -2.50. The summed E-state index contributed by atoms with van der Waals surface area (Å²) in [6.07, 6.45) is -7.45. The number of benzene rings is 1. The number of fused-ring (bicyclic) bond motifs is 3. The number of carboxylic acid groups (broad SMARTS) is 1. The van der Waals surface area contributed by atoms with Crippen molar-refractivity contribution in [1.82, 2.24) is 10.2 Å². The van der Waals surface area contributed by atoms with Gasteiger partial charge >= 0.3 is 5.97 Å². The molecular weight excluding hydrogens is 698 g/mol. The van der Waals surface area contributed by atoms with Gasteiger partial charge in [0.25, 0.3) is 5.91 Å². The number of carbonyl (C=O) groups excluding carboxylic acids is 4. The average Bonchev–Trinajstić information content (AvgIpc) is 3.03. The molecule has 18 nitrogen and oxygen atoms in total. The van der Waals surface area contributed by atoms with Gasteiger partial charge in [-0.05, 0) is 65.3 Å². The Kier molecular flexibility index (Phi) is 10.5. The number of aliphatic carboxylic acids is 1. The number of aliphatic hydroxyl groups is 5. The van der Waals surface area contributed by atoms with Crippen LogP contribution in [0.25, 0.3) is 5.76 Å². The fraction of sp³-hybridized carbons (Fsp3) is 0.571. The number of nitrogens with one attached hydrogen (secondary N) is 2. The van der Waals surface area contributed by atoms with E-state index in [1.165, 1.54) is 19.0 Å². The molecule has 2 amide bonds. The molecule has 0 radical (unpaired) electrons. The van der Waals surface area contributed by atoms with Crippen LogP contribution in [0.2, 0.25) is 0 Å². The number of rotatable bonds is 9. The molecule has 1 heterocycles. The maximum Gasteiger partial charge on any atom is 0.335 e. The number of ether oxygens (including phenoxy) is 2. The van der Waals surface area contributed by atoms with E-state index in [9.17, 15) is 54.6 Å². The molecule has 0 spiro atoms. The van der Waals surface area contributed by atoms with Crippen LogP contribution in [0.1, 0.15) is 44.7 Å². The Morgan fingerprint density at radius 2 is 1.74 bits per heavy atom. The minimum atomic E-state index is -2.86. The lowest BCUT2D eigenvalue weighted by Crippen LogP contribution is -2.65. The first kappa shape index (κ1) is 39.6. The molecule has 8 atom stereocenters. The summed E-state index contributed by atoms with van der Waals surface area (Å²) in [6, 6.07) is 0.289. The fourth-order valence-electron chi connectivity index (χ4n) is 7.68. The number of anilines is 2. The molecule has 1 saturated heterocycles. The molecule has 53 heavy (non-hydrogen) atoms. The molecule has 18 heteroatoms. The van der Waals surface area contributed by atoms with Crippen LogP contribution in [-0.2, 0) is 35.1 Å². The van der Waals surface area contributed by atoms with Gasteiger partial charge in [0.2, 0.25) is 18.0 Å². The predicted octanol–water partition coefficient (Wildman–Crippen LogP) is -1.05. The lowest BCUT2D eigenvalue weighted by molar-refractivity contribution is -0.228. The molecule has 4 aliphatic rings. The van der Waals surface area contributed by atoms with Crippen LogP contribution in [0.15, 0.2) is 23.0 Å². The largest absolute Gasteiger partial charge is 0.508 e. The minimum absolute atomic E-state index is 0.00281. The van der Waals surface area contributed by atoms with Crippen LogP contribution < -0.4 is 26.0 Å². The van der Waals surface area contributed by atoms with Crippen molar-refractivity contribution in [2.24, 2.45) is 17.6 Å². The van der Waals surface area contributed by atoms with E-state index < -0.39 is 106 Å². The van der Waals surface area contributed by atoms with Crippen LogP contribution >= 0.6 is 0 Å². The van der Waals surface area contributed by atoms with Gasteiger partial charge in [0.05, 0.1) is 29.9 Å². The summed E-state index contributed by atoms with van der Waals surface area (Å²) in [6.45, 7) is 5.36. The second-order valence-electron chi connectivity index (χ2n) is 15.4. The number of amides is 2. The van der Waals surface area contributed by atoms with Crippen LogP contribution in [-0.4, -0.2) is 141 Å². The molecule has 290 valence electrons. The highest BCUT2D eigenvalue weighted by atomic mass is 16.7. The standard InChI is InChI=1S/C35H47N5O13/c1-34(2,3)37-12-19(42)38-16-10-17(39(4)5)14-8-13-9-15-24(40(6)7)27(45)23(32(36)48)31(47)35(15,51)30(46)21(13)26(44)22(14)28(16)52-20-11-18(41)25(43)29(53-20)33(49)50/h10,13,15,18,20,24-25,29,37,41,43-44,47,51H,8-9,11-12H2,1-7H3,(H2,36,48)(H,38,42)(H,49,50)/t13-,15-,18+,20+,24-,25-,29-,35-/m0/s1. The third-order valence-electron chi connectivity index (χ3n) is 10.1. The number of aliphatic hydroxyl groups excluding tert-OH is 4. The second-order valence-corrected chi connectivity index (χ2v) is 15.4. The average molecular weight is 746 g/mol. The van der Waals surface area contributed by atoms with Crippen LogP contribution in [0.5, 0.6) is 5.75 Å². The van der Waals surface area contributed by atoms with Gasteiger partial charge in [0.1, 0.15) is 23.2 Å². The van der Waals surface area contributed by atoms with E-state index in [2.05, 4.69) is 10.6 Å². The monoisotopic (exact) mass is 745 g/mol. The fourth-order valence-corrected chi connectivity index (χ4v) is 7.68. The molecule has 0 bridgehead atoms. The number of ketones is 2. The molecule has 2 fully saturated rings. The van der Waals surface area contributed by atoms with E-state index in [-0.39, 0.29) is 42.0 Å². The molecule has 1 aromatic carbocycles. The van der Waals surface area contributed by atoms with Crippen molar-refractivity contribution >= 4 is 46.5 Å². The quantitative estimate of drug-likeness (QED) is 0.136. The summed E-state index contributed by atoms with van der Waals surface area (Å²) in [7, 11) is 6.40. The van der Waals surface area contributed by atoms with Gasteiger partial charge in [-0.2, -0.15) is 0 Å². The molecule has 1 aromatic rings. The number of nitrogens with two attached hydrogens (primary N) is 1. The van der Waals surface area contributed by atoms with E-state index in [1.54, 1.807) is 25.1 Å². The van der Waals surface area contributed by atoms with E-state index in [0.29, 0.717) is 11.3 Å². The first-order valence-electron chi connectivity index (χ1n) is 17.0. The number of nitrogens with zero attached hydrogens (tertiary/aromatic N) is 2. The Labute approximate surface area is 304 Å². The zero-order valence-electron chi connectivity index (χ0n) is 30.5. The van der Waals surface area contributed by atoms with Crippen molar-refractivity contribution in [1.29, 1.82) is 0 Å². The number of carbonyl (C=O) groups is 5. The van der Waals surface area contributed by atoms with Gasteiger partial charge < -0.3 is 61.4 Å². The normalized spacial score (nSPS) is 30.1. The van der Waals surface area contributed by atoms with Crippen molar-refractivity contribution in [3.63, 3.8) is 0 Å². The zero-order valence-corrected chi connectivity index (χ0v) is 30.5. The van der Waals surface area contributed by atoms with Crippen molar-refractivity contribution < 1.29 is 64.1 Å². The summed E-state index contributed by atoms with van der Waals surface area (Å²) in [5.41, 5.74) is 1.46. The Hall–Kier alpha value is -4.59. The topological polar surface area (TPSA) is 282 Å². The lowest BCUT2D eigenvalue weighted by atomic mass is 9.57. The van der Waals surface area contributed by atoms with Gasteiger partial charge in [-0.3, -0.25) is 24.1 Å². The maximum atomic E-state index is 14.5. The number of hydrogen-bond acceptors (Lipinski definition) is 15. The third kappa shape index (κ3) is 6.86. The van der Waals surface area contributed by atoms with Gasteiger partial charge in [0.15, 0.2) is 23.2 Å². The Morgan fingerprint density at radius 1 is 1.09 bits per heavy atom. The van der Waals surface area contributed by atoms with Crippen LogP contribution in [0.4, 0.5) is 11.4 Å². The molecule has 0 aromatic heterocycles. The zero-order chi connectivity index (χ0) is 39.6. The number of likely N-dealkylation sites (N-methyl/N-ethyl adjacent to an activating group) is 1. The van der Waals surface area contributed by atoms with Gasteiger partial charge in [-0.25, -0.2) is 4.79 Å². The maximum absolute atomic E-state index is 14.5. The molecule has 3 aliphatic carbocycles. The van der Waals surface area contributed by atoms with E-state index in [1.807, 2.05) is 20.8 Å². The molecular formula is C35H47N5O13. The number of carboxylic acids is 1. The van der Waals surface area contributed by atoms with Gasteiger partial charge in [-0.15, -0.1) is 0 Å². The first-order valence-corrected chi connectivity index (χ1v) is 17.0. The third-order valence-corrected chi connectivity index (χ3v) is 10.1. The van der Waals surface area contributed by atoms with E-state index >= 15 is 0 Å². The number of primary amides is 1. The number of Topliss-reactive ketones (excluding diaryl/α,β-unsaturated/α-hetero) is 2. The highest BCUT2D eigenvalue weighted by Crippen LogP contribution is 2.55. The molecule has 5 rings (SSSR count). The molecule has 1 saturated carbocycles. The van der Waals surface area contributed by atoms with Crippen molar-refractivity contribution in [3.05, 3.63) is 34.1 Å². The summed E-state index contributed by atoms with van der Waals surface area (Å²) < 4.78 is 11.7. The number of hydrogen-bond donors (Lipinski definition) is 9. The van der Waals surface area contributed by atoms with Crippen molar-refractivity contribution in [3.8, 4) is 5.75 Å². The van der Waals surface area contributed by atoms with E-state index in [0.717, 1.165) is 0 Å². The molecule has 1 aliphatic heterocycles. The predicted molar refractivity (Wildman–Crippen MR) is 187 cm³/mol. The van der Waals surface area contributed by atoms with E-state index in [4.69, 9.17) is 15.2 Å². The Morgan fingerprint density at radius 3 is 2.28 bits per heavy atom. The minimum Gasteiger partial charge on any atom is -0.508 e. The van der Waals surface area contributed by atoms with Crippen molar-refractivity contribution in [2.75, 3.05) is 45.0 Å². The second kappa shape index (κ2) is 14.0. The first-order chi connectivity index (χ1) is 24.5. The summed E-state index contributed by atoms with van der Waals surface area (Å²) in [5, 5.41) is 71.7. The van der Waals surface area contributed by atoms with Gasteiger partial charge in [0, 0.05) is 43.2 Å². The summed E-state index contributed by atoms with van der Waals surface area (Å²) >= 11 is 0.